The van der Waals surface area contributed by atoms with Crippen LogP contribution in [0.15, 0.2) is 23.1 Å². The van der Waals surface area contributed by atoms with Gasteiger partial charge in [-0.2, -0.15) is 5.10 Å². The molecule has 1 N–H and O–H groups in total. The molecule has 0 unspecified atom stereocenters. The average molecular weight is 546 g/mol. The number of aliphatic imine (C=N–C) groups is 1. The van der Waals surface area contributed by atoms with E-state index in [4.69, 9.17) is 9.47 Å². The Balaban J connectivity index is 1.48. The van der Waals surface area contributed by atoms with Crippen LogP contribution in [0.5, 0.6) is 0 Å². The zero-order chi connectivity index (χ0) is 26.4. The van der Waals surface area contributed by atoms with E-state index < -0.39 is 5.97 Å². The van der Waals surface area contributed by atoms with Crippen LogP contribution in [0.2, 0.25) is 0 Å². The van der Waals surface area contributed by atoms with Crippen molar-refractivity contribution in [3.63, 3.8) is 0 Å². The molecule has 198 valence electrons. The third kappa shape index (κ3) is 6.49. The van der Waals surface area contributed by atoms with E-state index in [2.05, 4.69) is 15.4 Å². The molecule has 1 aliphatic carbocycles. The van der Waals surface area contributed by atoms with Gasteiger partial charge in [0.2, 0.25) is 5.91 Å². The molecule has 0 aromatic carbocycles. The molecule has 2 aliphatic rings. The molecule has 2 amide bonds. The Kier molecular flexibility index (Phi) is 9.17. The van der Waals surface area contributed by atoms with Crippen molar-refractivity contribution in [2.45, 2.75) is 39.0 Å². The minimum Gasteiger partial charge on any atom is -0.462 e. The first-order valence-electron chi connectivity index (χ1n) is 12.2. The molecule has 4 rings (SSSR count). The number of nitrogens with zero attached hydrogens (tertiary/aromatic N) is 4. The Morgan fingerprint density at radius 3 is 2.84 bits per heavy atom. The van der Waals surface area contributed by atoms with Crippen LogP contribution in [0.25, 0.3) is 6.08 Å². The summed E-state index contributed by atoms with van der Waals surface area (Å²) in [5.41, 5.74) is 2.54. The van der Waals surface area contributed by atoms with Crippen LogP contribution in [0.1, 0.15) is 52.5 Å². The third-order valence-electron chi connectivity index (χ3n) is 5.91. The second kappa shape index (κ2) is 12.5. The summed E-state index contributed by atoms with van der Waals surface area (Å²) in [5.74, 6) is -0.855. The number of esters is 1. The summed E-state index contributed by atoms with van der Waals surface area (Å²) in [7, 11) is 3.41. The molecule has 10 nitrogen and oxygen atoms in total. The molecule has 0 atom stereocenters. The lowest BCUT2D eigenvalue weighted by Crippen LogP contribution is -2.32. The summed E-state index contributed by atoms with van der Waals surface area (Å²) in [4.78, 5) is 45.9. The van der Waals surface area contributed by atoms with E-state index in [-0.39, 0.29) is 24.2 Å². The number of carbonyl (C=O) groups excluding carboxylic acids is 3. The van der Waals surface area contributed by atoms with Crippen LogP contribution in [0.4, 0.5) is 5.00 Å². The van der Waals surface area contributed by atoms with E-state index in [9.17, 15) is 14.4 Å². The average Bonchev–Trinajstić information content (AvgIpc) is 3.54. The van der Waals surface area contributed by atoms with Crippen LogP contribution in [-0.2, 0) is 39.0 Å². The molecule has 0 saturated carbocycles. The second-order valence-corrected chi connectivity index (χ2v) is 10.7. The van der Waals surface area contributed by atoms with Gasteiger partial charge in [0, 0.05) is 43.9 Å². The smallest absolute Gasteiger partial charge is 0.341 e. The highest BCUT2D eigenvalue weighted by Gasteiger charge is 2.31. The predicted octanol–water partition coefficient (Wildman–Crippen LogP) is 3.48. The first kappa shape index (κ1) is 27.1. The lowest BCUT2D eigenvalue weighted by Gasteiger charge is -2.17. The van der Waals surface area contributed by atoms with E-state index in [1.807, 2.05) is 0 Å². The number of aromatic nitrogens is 2. The fourth-order valence-corrected chi connectivity index (χ4v) is 6.36. The first-order chi connectivity index (χ1) is 17.9. The molecule has 0 spiro atoms. The van der Waals surface area contributed by atoms with Crippen molar-refractivity contribution in [1.82, 2.24) is 14.7 Å². The van der Waals surface area contributed by atoms with Gasteiger partial charge in [-0.05, 0) is 50.7 Å². The molecule has 3 heterocycles. The number of hydrogen-bond acceptors (Lipinski definition) is 9. The van der Waals surface area contributed by atoms with E-state index in [1.165, 1.54) is 23.1 Å². The molecule has 2 aromatic rings. The minimum atomic E-state index is -0.398. The van der Waals surface area contributed by atoms with E-state index >= 15 is 0 Å². The number of anilines is 1. The van der Waals surface area contributed by atoms with Crippen molar-refractivity contribution >= 4 is 57.1 Å². The molecular weight excluding hydrogens is 514 g/mol. The number of amidine groups is 1. The normalized spacial score (nSPS) is 16.2. The van der Waals surface area contributed by atoms with Gasteiger partial charge in [-0.3, -0.25) is 19.2 Å². The number of methoxy groups -OCH3 is 1. The zero-order valence-corrected chi connectivity index (χ0v) is 22.9. The van der Waals surface area contributed by atoms with Gasteiger partial charge in [0.25, 0.3) is 5.91 Å². The number of hydrogen-bond donors (Lipinski definition) is 1. The fourth-order valence-electron chi connectivity index (χ4n) is 4.24. The van der Waals surface area contributed by atoms with Crippen molar-refractivity contribution in [3.05, 3.63) is 39.7 Å². The SMILES string of the molecule is CCOC(=O)c1c(NC(=O)CSC2=N/C(=C/c3cnn(C)c3)C(=O)N2CCCOC)sc2c1CCCC2. The quantitative estimate of drug-likeness (QED) is 0.276. The molecule has 1 aliphatic heterocycles. The lowest BCUT2D eigenvalue weighted by molar-refractivity contribution is -0.122. The van der Waals surface area contributed by atoms with Crippen LogP contribution in [0.3, 0.4) is 0 Å². The Labute approximate surface area is 224 Å². The number of aryl methyl sites for hydroxylation is 2. The maximum atomic E-state index is 13.1. The van der Waals surface area contributed by atoms with Crippen LogP contribution in [-0.4, -0.2) is 70.3 Å². The van der Waals surface area contributed by atoms with E-state index in [0.29, 0.717) is 41.0 Å². The van der Waals surface area contributed by atoms with Crippen molar-refractivity contribution in [1.29, 1.82) is 0 Å². The number of thiophene rings is 1. The Bertz CT molecular complexity index is 1230. The molecule has 0 fully saturated rings. The Morgan fingerprint density at radius 2 is 2.11 bits per heavy atom. The highest BCUT2D eigenvalue weighted by molar-refractivity contribution is 8.14. The number of carbonyl (C=O) groups is 3. The van der Waals surface area contributed by atoms with Gasteiger partial charge in [-0.15, -0.1) is 11.3 Å². The van der Waals surface area contributed by atoms with Crippen molar-refractivity contribution < 1.29 is 23.9 Å². The zero-order valence-electron chi connectivity index (χ0n) is 21.2. The largest absolute Gasteiger partial charge is 0.462 e. The van der Waals surface area contributed by atoms with Crippen LogP contribution in [0, 0.1) is 0 Å². The summed E-state index contributed by atoms with van der Waals surface area (Å²) >= 11 is 2.64. The third-order valence-corrected chi connectivity index (χ3v) is 8.09. The molecule has 0 bridgehead atoms. The predicted molar refractivity (Wildman–Crippen MR) is 145 cm³/mol. The van der Waals surface area contributed by atoms with Gasteiger partial charge >= 0.3 is 5.97 Å². The minimum absolute atomic E-state index is 0.0396. The first-order valence-corrected chi connectivity index (χ1v) is 14.1. The number of amides is 2. The molecule has 2 aromatic heterocycles. The van der Waals surface area contributed by atoms with Crippen molar-refractivity contribution in [2.24, 2.45) is 12.0 Å². The highest BCUT2D eigenvalue weighted by atomic mass is 32.2. The van der Waals surface area contributed by atoms with Gasteiger partial charge in [-0.25, -0.2) is 9.79 Å². The van der Waals surface area contributed by atoms with Crippen molar-refractivity contribution in [3.8, 4) is 0 Å². The number of rotatable bonds is 10. The number of fused-ring (bicyclic) bond motifs is 1. The van der Waals surface area contributed by atoms with Gasteiger partial charge in [0.15, 0.2) is 5.17 Å². The summed E-state index contributed by atoms with van der Waals surface area (Å²) in [5, 5.41) is 8.04. The van der Waals surface area contributed by atoms with Crippen LogP contribution >= 0.6 is 23.1 Å². The maximum Gasteiger partial charge on any atom is 0.341 e. The Morgan fingerprint density at radius 1 is 1.30 bits per heavy atom. The Hall–Kier alpha value is -2.96. The molecule has 12 heteroatoms. The highest BCUT2D eigenvalue weighted by Crippen LogP contribution is 2.38. The topological polar surface area (TPSA) is 115 Å². The standard InChI is InChI=1S/C25H31N5O5S2/c1-4-35-24(33)21-17-8-5-6-9-19(17)37-22(21)28-20(31)15-36-25-27-18(12-16-13-26-29(2)14-16)23(32)30(25)10-7-11-34-3/h12-14H,4-11,15H2,1-3H3,(H,28,31)/b18-12+. The van der Waals surface area contributed by atoms with E-state index in [1.54, 1.807) is 49.1 Å². The molecule has 0 saturated heterocycles. The number of ether oxygens (including phenoxy) is 2. The second-order valence-electron chi connectivity index (χ2n) is 8.65. The summed E-state index contributed by atoms with van der Waals surface area (Å²) in [6, 6.07) is 0. The molecule has 0 radical (unpaired) electrons. The summed E-state index contributed by atoms with van der Waals surface area (Å²) in [6.45, 7) is 2.97. The molecule has 37 heavy (non-hydrogen) atoms. The summed E-state index contributed by atoms with van der Waals surface area (Å²) < 4.78 is 12.1. The van der Waals surface area contributed by atoms with Gasteiger partial charge < -0.3 is 14.8 Å². The fraction of sp³-hybridized carbons (Fsp3) is 0.480. The van der Waals surface area contributed by atoms with Gasteiger partial charge in [0.05, 0.1) is 24.1 Å². The van der Waals surface area contributed by atoms with Crippen LogP contribution < -0.4 is 5.32 Å². The van der Waals surface area contributed by atoms with E-state index in [0.717, 1.165) is 41.7 Å². The van der Waals surface area contributed by atoms with Gasteiger partial charge in [0.1, 0.15) is 10.7 Å². The summed E-state index contributed by atoms with van der Waals surface area (Å²) in [6.07, 6.45) is 9.58. The lowest BCUT2D eigenvalue weighted by atomic mass is 9.95. The van der Waals surface area contributed by atoms with Gasteiger partial charge in [-0.1, -0.05) is 11.8 Å². The maximum absolute atomic E-state index is 13.1. The molecular formula is C25H31N5O5S2. The number of nitrogens with one attached hydrogen (secondary N) is 1. The van der Waals surface area contributed by atoms with Crippen molar-refractivity contribution in [2.75, 3.05) is 37.9 Å². The number of thioether (sulfide) groups is 1. The monoisotopic (exact) mass is 545 g/mol.